The third-order valence-corrected chi connectivity index (χ3v) is 6.62. The van der Waals surface area contributed by atoms with Crippen LogP contribution in [0.15, 0.2) is 53.4 Å². The van der Waals surface area contributed by atoms with Crippen LogP contribution in [-0.2, 0) is 14.8 Å². The zero-order valence-electron chi connectivity index (χ0n) is 16.8. The lowest BCUT2D eigenvalue weighted by molar-refractivity contribution is -0.122. The topological polar surface area (TPSA) is 83.6 Å². The van der Waals surface area contributed by atoms with Crippen LogP contribution in [0.4, 0.5) is 0 Å². The monoisotopic (exact) mass is 436 g/mol. The van der Waals surface area contributed by atoms with E-state index in [4.69, 9.17) is 11.6 Å². The molecule has 2 aromatic carbocycles. The summed E-state index contributed by atoms with van der Waals surface area (Å²) in [7, 11) is -2.51. The first-order valence-electron chi connectivity index (χ1n) is 9.14. The molecule has 156 valence electrons. The van der Waals surface area contributed by atoms with Crippen LogP contribution in [0.25, 0.3) is 0 Å². The lowest BCUT2D eigenvalue weighted by Crippen LogP contribution is -2.41. The fraction of sp³-hybridized carbons (Fsp3) is 0.333. The molecule has 0 unspecified atom stereocenters. The number of hydrogen-bond donors (Lipinski definition) is 1. The number of sulfonamides is 1. The minimum atomic E-state index is -3.86. The van der Waals surface area contributed by atoms with E-state index in [9.17, 15) is 18.0 Å². The summed E-state index contributed by atoms with van der Waals surface area (Å²) in [5.41, 5.74) is 1.31. The molecule has 1 amide bonds. The van der Waals surface area contributed by atoms with E-state index in [2.05, 4.69) is 5.32 Å². The van der Waals surface area contributed by atoms with Crippen LogP contribution in [0.3, 0.4) is 0 Å². The molecule has 0 aromatic heterocycles. The van der Waals surface area contributed by atoms with E-state index in [0.29, 0.717) is 10.6 Å². The van der Waals surface area contributed by atoms with Gasteiger partial charge in [0.2, 0.25) is 15.9 Å². The third kappa shape index (κ3) is 5.88. The van der Waals surface area contributed by atoms with E-state index >= 15 is 0 Å². The van der Waals surface area contributed by atoms with Gasteiger partial charge in [0.05, 0.1) is 17.5 Å². The number of nitrogens with one attached hydrogen (secondary N) is 1. The number of rotatable bonds is 8. The average molecular weight is 437 g/mol. The summed E-state index contributed by atoms with van der Waals surface area (Å²) in [5.74, 6) is -0.463. The molecule has 0 fully saturated rings. The maximum absolute atomic E-state index is 12.7. The van der Waals surface area contributed by atoms with Gasteiger partial charge < -0.3 is 5.32 Å². The lowest BCUT2D eigenvalue weighted by Gasteiger charge is -2.24. The van der Waals surface area contributed by atoms with Crippen molar-refractivity contribution in [3.05, 3.63) is 64.7 Å². The van der Waals surface area contributed by atoms with Crippen LogP contribution in [0.2, 0.25) is 5.02 Å². The summed E-state index contributed by atoms with van der Waals surface area (Å²) in [6.07, 6.45) is 0. The molecule has 0 saturated carbocycles. The number of likely N-dealkylation sites (N-methyl/N-ethyl adjacent to an activating group) is 1. The van der Waals surface area contributed by atoms with Gasteiger partial charge in [-0.25, -0.2) is 8.42 Å². The van der Waals surface area contributed by atoms with Crippen LogP contribution < -0.4 is 5.32 Å². The molecule has 0 heterocycles. The number of ketones is 1. The van der Waals surface area contributed by atoms with Gasteiger partial charge in [0.1, 0.15) is 0 Å². The van der Waals surface area contributed by atoms with E-state index in [-0.39, 0.29) is 29.2 Å². The van der Waals surface area contributed by atoms with Gasteiger partial charge >= 0.3 is 0 Å². The van der Waals surface area contributed by atoms with E-state index in [1.165, 1.54) is 38.2 Å². The second-order valence-electron chi connectivity index (χ2n) is 7.18. The Morgan fingerprint density at radius 1 is 1.03 bits per heavy atom. The molecule has 2 rings (SSSR count). The van der Waals surface area contributed by atoms with Gasteiger partial charge in [0.25, 0.3) is 0 Å². The quantitative estimate of drug-likeness (QED) is 0.640. The first-order valence-corrected chi connectivity index (χ1v) is 11.0. The predicted molar refractivity (Wildman–Crippen MR) is 113 cm³/mol. The van der Waals surface area contributed by atoms with Crippen LogP contribution >= 0.6 is 11.6 Å². The van der Waals surface area contributed by atoms with Crippen LogP contribution in [-0.4, -0.2) is 38.0 Å². The molecule has 0 aliphatic carbocycles. The maximum Gasteiger partial charge on any atom is 0.243 e. The number of hydrogen-bond acceptors (Lipinski definition) is 4. The van der Waals surface area contributed by atoms with Gasteiger partial charge in [-0.1, -0.05) is 49.7 Å². The number of carbonyl (C=O) groups is 2. The smallest absolute Gasteiger partial charge is 0.243 e. The second-order valence-corrected chi connectivity index (χ2v) is 9.66. The molecular weight excluding hydrogens is 412 g/mol. The molecule has 8 heteroatoms. The van der Waals surface area contributed by atoms with Crippen molar-refractivity contribution < 1.29 is 18.0 Å². The minimum absolute atomic E-state index is 0.0240. The highest BCUT2D eigenvalue weighted by Gasteiger charge is 2.25. The molecule has 0 radical (unpaired) electrons. The first-order chi connectivity index (χ1) is 13.5. The molecule has 2 aromatic rings. The molecule has 0 aliphatic heterocycles. The van der Waals surface area contributed by atoms with Crippen molar-refractivity contribution in [1.29, 1.82) is 0 Å². The Balaban J connectivity index is 2.11. The number of carbonyl (C=O) groups excluding carboxylic acids is 2. The summed E-state index contributed by atoms with van der Waals surface area (Å²) in [4.78, 5) is 23.9. The van der Waals surface area contributed by atoms with Crippen LogP contribution in [0, 0.1) is 5.92 Å². The minimum Gasteiger partial charge on any atom is -0.348 e. The molecule has 0 bridgehead atoms. The number of Topliss-reactive ketones (excluding diaryl/α,β-unsaturated/α-hetero) is 1. The molecule has 29 heavy (non-hydrogen) atoms. The first kappa shape index (κ1) is 23.1. The fourth-order valence-corrected chi connectivity index (χ4v) is 4.11. The van der Waals surface area contributed by atoms with Crippen molar-refractivity contribution >= 4 is 33.3 Å². The maximum atomic E-state index is 12.7. The summed E-state index contributed by atoms with van der Waals surface area (Å²) < 4.78 is 26.4. The van der Waals surface area contributed by atoms with Crippen molar-refractivity contribution in [3.63, 3.8) is 0 Å². The van der Waals surface area contributed by atoms with E-state index in [0.717, 1.165) is 9.87 Å². The third-order valence-electron chi connectivity index (χ3n) is 4.55. The highest BCUT2D eigenvalue weighted by Crippen LogP contribution is 2.23. The Bertz CT molecular complexity index is 971. The standard InChI is InChI=1S/C21H25ClN2O4S/c1-14(2)21(17-5-9-18(22)10-6-17)23-20(26)13-24(4)29(27,28)19-11-7-16(8-12-19)15(3)25/h5-12,14,21H,13H2,1-4H3,(H,23,26)/t21-/m1/s1. The van der Waals surface area contributed by atoms with E-state index in [1.807, 2.05) is 26.0 Å². The van der Waals surface area contributed by atoms with Crippen molar-refractivity contribution in [2.24, 2.45) is 5.92 Å². The van der Waals surface area contributed by atoms with Gasteiger partial charge in [0, 0.05) is 17.6 Å². The number of halogens is 1. The predicted octanol–water partition coefficient (Wildman–Crippen LogP) is 3.68. The zero-order valence-corrected chi connectivity index (χ0v) is 18.4. The van der Waals surface area contributed by atoms with Crippen LogP contribution in [0.5, 0.6) is 0 Å². The Morgan fingerprint density at radius 2 is 1.59 bits per heavy atom. The summed E-state index contributed by atoms with van der Waals surface area (Å²) in [5, 5.41) is 3.50. The zero-order chi connectivity index (χ0) is 21.8. The molecule has 0 saturated heterocycles. The van der Waals surface area contributed by atoms with Crippen LogP contribution in [0.1, 0.15) is 42.7 Å². The van der Waals surface area contributed by atoms with Gasteiger partial charge in [0.15, 0.2) is 5.78 Å². The Hall–Kier alpha value is -2.22. The Morgan fingerprint density at radius 3 is 2.07 bits per heavy atom. The molecule has 0 aliphatic rings. The SMILES string of the molecule is CC(=O)c1ccc(S(=O)(=O)N(C)CC(=O)N[C@@H](c2ccc(Cl)cc2)C(C)C)cc1. The van der Waals surface area contributed by atoms with Gasteiger partial charge in [-0.15, -0.1) is 0 Å². The number of nitrogens with zero attached hydrogens (tertiary/aromatic N) is 1. The average Bonchev–Trinajstić information content (AvgIpc) is 2.66. The van der Waals surface area contributed by atoms with Crippen molar-refractivity contribution in [1.82, 2.24) is 9.62 Å². The second kappa shape index (κ2) is 9.52. The number of benzene rings is 2. The molecular formula is C21H25ClN2O4S. The molecule has 1 atom stereocenters. The lowest BCUT2D eigenvalue weighted by atomic mass is 9.96. The largest absolute Gasteiger partial charge is 0.348 e. The molecule has 6 nitrogen and oxygen atoms in total. The van der Waals surface area contributed by atoms with Gasteiger partial charge in [-0.3, -0.25) is 9.59 Å². The van der Waals surface area contributed by atoms with Crippen molar-refractivity contribution in [3.8, 4) is 0 Å². The Kier molecular flexibility index (Phi) is 7.57. The molecule has 0 spiro atoms. The number of amides is 1. The van der Waals surface area contributed by atoms with Crippen molar-refractivity contribution in [2.45, 2.75) is 31.7 Å². The van der Waals surface area contributed by atoms with Gasteiger partial charge in [-0.2, -0.15) is 4.31 Å². The Labute approximate surface area is 176 Å². The van der Waals surface area contributed by atoms with Crippen molar-refractivity contribution in [2.75, 3.05) is 13.6 Å². The van der Waals surface area contributed by atoms with E-state index in [1.54, 1.807) is 12.1 Å². The highest BCUT2D eigenvalue weighted by atomic mass is 35.5. The summed E-state index contributed by atoms with van der Waals surface area (Å²) in [6, 6.07) is 12.5. The summed E-state index contributed by atoms with van der Waals surface area (Å²) in [6.45, 7) is 5.02. The highest BCUT2D eigenvalue weighted by molar-refractivity contribution is 7.89. The normalized spacial score (nSPS) is 12.8. The fourth-order valence-electron chi connectivity index (χ4n) is 2.85. The molecule has 1 N–H and O–H groups in total. The van der Waals surface area contributed by atoms with Gasteiger partial charge in [-0.05, 0) is 42.7 Å². The van der Waals surface area contributed by atoms with E-state index < -0.39 is 15.9 Å². The summed E-state index contributed by atoms with van der Waals surface area (Å²) >= 11 is 5.93.